The van der Waals surface area contributed by atoms with E-state index in [0.29, 0.717) is 6.04 Å². The number of carbonyl (C=O) groups is 1. The minimum Gasteiger partial charge on any atom is -0.384 e. The van der Waals surface area contributed by atoms with E-state index in [-0.39, 0.29) is 30.7 Å². The number of anilines is 1. The van der Waals surface area contributed by atoms with Crippen LogP contribution in [0.25, 0.3) is 0 Å². The minimum atomic E-state index is 0. The predicted octanol–water partition coefficient (Wildman–Crippen LogP) is 2.42. The van der Waals surface area contributed by atoms with Crippen molar-refractivity contribution in [2.45, 2.75) is 25.3 Å². The first-order valence-electron chi connectivity index (χ1n) is 7.71. The highest BCUT2D eigenvalue weighted by Gasteiger charge is 2.32. The van der Waals surface area contributed by atoms with Crippen LogP contribution in [0.15, 0.2) is 18.2 Å². The van der Waals surface area contributed by atoms with E-state index < -0.39 is 0 Å². The Morgan fingerprint density at radius 3 is 2.91 bits per heavy atom. The molecule has 1 aromatic carbocycles. The van der Waals surface area contributed by atoms with Crippen molar-refractivity contribution in [2.24, 2.45) is 0 Å². The number of halogens is 2. The van der Waals surface area contributed by atoms with Crippen molar-refractivity contribution < 1.29 is 4.79 Å². The van der Waals surface area contributed by atoms with E-state index >= 15 is 0 Å². The zero-order valence-corrected chi connectivity index (χ0v) is 14.2. The second kappa shape index (κ2) is 7.07. The lowest BCUT2D eigenvalue weighted by Gasteiger charge is -2.37. The maximum absolute atomic E-state index is 12.7. The second-order valence-corrected chi connectivity index (χ2v) is 6.13. The first-order valence-corrected chi connectivity index (χ1v) is 7.71. The maximum Gasteiger partial charge on any atom is 0.253 e. The molecule has 1 N–H and O–H groups in total. The molecule has 1 atom stereocenters. The molecule has 0 radical (unpaired) electrons. The highest BCUT2D eigenvalue weighted by atomic mass is 35.5. The van der Waals surface area contributed by atoms with Crippen molar-refractivity contribution in [3.63, 3.8) is 0 Å². The largest absolute Gasteiger partial charge is 0.384 e. The average molecular weight is 344 g/mol. The number of nitrogens with one attached hydrogen (secondary N) is 1. The monoisotopic (exact) mass is 343 g/mol. The second-order valence-electron chi connectivity index (χ2n) is 6.13. The van der Waals surface area contributed by atoms with Gasteiger partial charge in [-0.1, -0.05) is 0 Å². The van der Waals surface area contributed by atoms with Crippen LogP contribution in [0.5, 0.6) is 0 Å². The van der Waals surface area contributed by atoms with Crippen molar-refractivity contribution in [1.29, 1.82) is 0 Å². The van der Waals surface area contributed by atoms with Crippen LogP contribution in [0.1, 0.15) is 28.8 Å². The molecule has 6 heteroatoms. The number of rotatable bonds is 1. The molecule has 0 aliphatic carbocycles. The van der Waals surface area contributed by atoms with Crippen molar-refractivity contribution >= 4 is 36.4 Å². The van der Waals surface area contributed by atoms with E-state index in [4.69, 9.17) is 0 Å². The van der Waals surface area contributed by atoms with Gasteiger partial charge < -0.3 is 10.2 Å². The molecule has 1 aromatic rings. The van der Waals surface area contributed by atoms with Crippen LogP contribution in [0, 0.1) is 0 Å². The van der Waals surface area contributed by atoms with Crippen LogP contribution in [0.2, 0.25) is 0 Å². The molecule has 0 bridgehead atoms. The summed E-state index contributed by atoms with van der Waals surface area (Å²) in [6, 6.07) is 6.71. The molecular weight excluding hydrogens is 321 g/mol. The zero-order valence-electron chi connectivity index (χ0n) is 12.6. The van der Waals surface area contributed by atoms with Gasteiger partial charge in [-0.3, -0.25) is 9.69 Å². The van der Waals surface area contributed by atoms with Gasteiger partial charge >= 0.3 is 0 Å². The Balaban J connectivity index is 0.000000882. The van der Waals surface area contributed by atoms with Crippen LogP contribution in [-0.4, -0.2) is 54.5 Å². The highest BCUT2D eigenvalue weighted by Crippen LogP contribution is 2.26. The number of piperazine rings is 1. The Bertz CT molecular complexity index is 552. The fraction of sp³-hybridized carbons (Fsp3) is 0.562. The van der Waals surface area contributed by atoms with Gasteiger partial charge in [0.25, 0.3) is 5.91 Å². The summed E-state index contributed by atoms with van der Waals surface area (Å²) < 4.78 is 0. The average Bonchev–Trinajstić information content (AvgIpc) is 3.13. The quantitative estimate of drug-likeness (QED) is 0.850. The first kappa shape index (κ1) is 17.4. The third kappa shape index (κ3) is 3.05. The van der Waals surface area contributed by atoms with Crippen LogP contribution in [0.4, 0.5) is 5.69 Å². The Morgan fingerprint density at radius 1 is 1.18 bits per heavy atom. The lowest BCUT2D eigenvalue weighted by Crippen LogP contribution is -2.52. The van der Waals surface area contributed by atoms with Crippen LogP contribution >= 0.6 is 24.8 Å². The van der Waals surface area contributed by atoms with E-state index in [1.807, 2.05) is 6.07 Å². The number of fused-ring (bicyclic) bond motifs is 2. The summed E-state index contributed by atoms with van der Waals surface area (Å²) in [5.74, 6) is 0.214. The third-order valence-electron chi connectivity index (χ3n) is 4.94. The summed E-state index contributed by atoms with van der Waals surface area (Å²) in [6.45, 7) is 5.05. The lowest BCUT2D eigenvalue weighted by atomic mass is 10.1. The maximum atomic E-state index is 12.7. The smallest absolute Gasteiger partial charge is 0.253 e. The number of hydrogen-bond donors (Lipinski definition) is 1. The number of benzene rings is 1. The highest BCUT2D eigenvalue weighted by molar-refractivity contribution is 5.95. The van der Waals surface area contributed by atoms with Gasteiger partial charge in [0.15, 0.2) is 0 Å². The van der Waals surface area contributed by atoms with E-state index in [9.17, 15) is 4.79 Å². The molecule has 122 valence electrons. The zero-order chi connectivity index (χ0) is 13.5. The summed E-state index contributed by atoms with van der Waals surface area (Å²) in [5.41, 5.74) is 3.34. The van der Waals surface area contributed by atoms with Crippen LogP contribution < -0.4 is 5.32 Å². The van der Waals surface area contributed by atoms with Crippen LogP contribution in [-0.2, 0) is 6.42 Å². The molecule has 22 heavy (non-hydrogen) atoms. The molecule has 2 fully saturated rings. The van der Waals surface area contributed by atoms with Crippen molar-refractivity contribution in [3.8, 4) is 0 Å². The minimum absolute atomic E-state index is 0. The van der Waals surface area contributed by atoms with E-state index in [2.05, 4.69) is 27.2 Å². The molecule has 4 nitrogen and oxygen atoms in total. The number of amides is 1. The van der Waals surface area contributed by atoms with Gasteiger partial charge in [0, 0.05) is 43.5 Å². The van der Waals surface area contributed by atoms with E-state index in [1.54, 1.807) is 0 Å². The van der Waals surface area contributed by atoms with Crippen molar-refractivity contribution in [1.82, 2.24) is 9.80 Å². The first-order chi connectivity index (χ1) is 9.81. The standard InChI is InChI=1S/C16H21N3O.2ClH/c20-16(13-3-4-15-12(10-13)5-6-17-15)19-9-8-18-7-1-2-14(18)11-19;;/h3-4,10,14,17H,1-2,5-9,11H2;2*1H. The molecule has 3 aliphatic rings. The molecule has 0 spiro atoms. The van der Waals surface area contributed by atoms with E-state index in [0.717, 1.165) is 38.2 Å². The molecule has 1 amide bonds. The molecule has 3 heterocycles. The van der Waals surface area contributed by atoms with Gasteiger partial charge in [0.05, 0.1) is 0 Å². The molecule has 2 saturated heterocycles. The Morgan fingerprint density at radius 2 is 2.05 bits per heavy atom. The summed E-state index contributed by atoms with van der Waals surface area (Å²) in [7, 11) is 0. The fourth-order valence-electron chi connectivity index (χ4n) is 3.80. The Kier molecular flexibility index (Phi) is 5.59. The molecular formula is C16H23Cl2N3O. The van der Waals surface area contributed by atoms with Gasteiger partial charge in [-0.25, -0.2) is 0 Å². The van der Waals surface area contributed by atoms with Gasteiger partial charge in [-0.2, -0.15) is 0 Å². The summed E-state index contributed by atoms with van der Waals surface area (Å²) in [6.07, 6.45) is 3.57. The number of carbonyl (C=O) groups excluding carboxylic acids is 1. The van der Waals surface area contributed by atoms with Crippen LogP contribution in [0.3, 0.4) is 0 Å². The predicted molar refractivity (Wildman–Crippen MR) is 93.6 cm³/mol. The van der Waals surface area contributed by atoms with Gasteiger partial charge in [0.1, 0.15) is 0 Å². The SMILES string of the molecule is Cl.Cl.O=C(c1ccc2c(c1)CCN2)N1CCN2CCCC2C1. The normalized spacial score (nSPS) is 22.9. The molecule has 3 aliphatic heterocycles. The molecule has 0 saturated carbocycles. The Labute approximate surface area is 144 Å². The van der Waals surface area contributed by atoms with E-state index in [1.165, 1.54) is 30.6 Å². The number of hydrogen-bond acceptors (Lipinski definition) is 3. The van der Waals surface area contributed by atoms with Gasteiger partial charge in [-0.15, -0.1) is 24.8 Å². The molecule has 0 aromatic heterocycles. The third-order valence-corrected chi connectivity index (χ3v) is 4.94. The molecule has 1 unspecified atom stereocenters. The Hall–Kier alpha value is -0.970. The summed E-state index contributed by atoms with van der Waals surface area (Å²) in [5, 5.41) is 3.34. The van der Waals surface area contributed by atoms with Crippen molar-refractivity contribution in [3.05, 3.63) is 29.3 Å². The number of nitrogens with zero attached hydrogens (tertiary/aromatic N) is 2. The van der Waals surface area contributed by atoms with Gasteiger partial charge in [-0.05, 0) is 49.6 Å². The van der Waals surface area contributed by atoms with Crippen molar-refractivity contribution in [2.75, 3.05) is 38.0 Å². The summed E-state index contributed by atoms with van der Waals surface area (Å²) in [4.78, 5) is 17.3. The summed E-state index contributed by atoms with van der Waals surface area (Å²) >= 11 is 0. The van der Waals surface area contributed by atoms with Gasteiger partial charge in [0.2, 0.25) is 0 Å². The topological polar surface area (TPSA) is 35.6 Å². The molecule has 4 rings (SSSR count). The fourth-order valence-corrected chi connectivity index (χ4v) is 3.80. The lowest BCUT2D eigenvalue weighted by molar-refractivity contribution is 0.0571.